The molecule has 2 N–H and O–H groups in total. The van der Waals surface area contributed by atoms with Crippen molar-refractivity contribution in [3.8, 4) is 17.2 Å². The number of hydrogen-bond donors (Lipinski definition) is 2. The molecule has 0 atom stereocenters. The van der Waals surface area contributed by atoms with Gasteiger partial charge in [-0.25, -0.2) is 9.69 Å². The van der Waals surface area contributed by atoms with Crippen molar-refractivity contribution in [3.05, 3.63) is 94.9 Å². The van der Waals surface area contributed by atoms with Gasteiger partial charge in [-0.3, -0.25) is 35.1 Å². The number of phenols is 1. The van der Waals surface area contributed by atoms with E-state index in [9.17, 15) is 39.7 Å². The molecule has 4 amide bonds. The van der Waals surface area contributed by atoms with Crippen LogP contribution in [0.5, 0.6) is 17.2 Å². The Morgan fingerprint density at radius 2 is 1.63 bits per heavy atom. The van der Waals surface area contributed by atoms with Gasteiger partial charge in [-0.1, -0.05) is 15.9 Å². The Kier molecular flexibility index (Phi) is 7.23. The highest BCUT2D eigenvalue weighted by atomic mass is 79.9. The number of non-ortho nitro benzene ring substituents is 1. The van der Waals surface area contributed by atoms with E-state index in [1.54, 1.807) is 0 Å². The first-order valence-corrected chi connectivity index (χ1v) is 11.8. The lowest BCUT2D eigenvalue weighted by atomic mass is 10.1. The van der Waals surface area contributed by atoms with Crippen molar-refractivity contribution >= 4 is 72.8 Å². The minimum atomic E-state index is -1.00. The minimum Gasteiger partial charge on any atom is -0.508 e. The molecule has 15 heteroatoms. The fourth-order valence-corrected chi connectivity index (χ4v) is 4.74. The maximum Gasteiger partial charge on any atom is 0.335 e. The topological polar surface area (TPSA) is 182 Å². The number of urea groups is 1. The fraction of sp³-hybridized carbons (Fsp3) is 0. The molecule has 0 unspecified atom stereocenters. The molecule has 13 nitrogen and oxygen atoms in total. The second-order valence-electron chi connectivity index (χ2n) is 7.55. The fourth-order valence-electron chi connectivity index (χ4n) is 3.40. The van der Waals surface area contributed by atoms with Gasteiger partial charge in [-0.15, -0.1) is 0 Å². The third-order valence-electron chi connectivity index (χ3n) is 5.11. The van der Waals surface area contributed by atoms with Crippen LogP contribution in [0.15, 0.2) is 69.1 Å². The zero-order valence-electron chi connectivity index (χ0n) is 18.6. The van der Waals surface area contributed by atoms with Gasteiger partial charge in [0.05, 0.1) is 26.1 Å². The molecule has 0 aromatic heterocycles. The van der Waals surface area contributed by atoms with Crippen molar-refractivity contribution in [2.24, 2.45) is 0 Å². The first-order valence-electron chi connectivity index (χ1n) is 10.3. The number of phenolic OH excluding ortho intramolecular Hbond substituents is 1. The molecule has 1 aliphatic rings. The maximum absolute atomic E-state index is 13.2. The standard InChI is InChI=1S/C23H12Br2N4O9/c24-12-7-11(8-16-21(31)26-23(33)27(22(16)32)13-1-4-15(30)5-2-13)20(17(25)9-12)38-19-6-3-14(28(34)35)10-18(19)29(36)37/h1-10,30H,(H,26,31,33)/b16-8+. The van der Waals surface area contributed by atoms with Gasteiger partial charge >= 0.3 is 11.7 Å². The van der Waals surface area contributed by atoms with Crippen LogP contribution in [0.25, 0.3) is 6.08 Å². The molecule has 3 aromatic rings. The number of benzene rings is 3. The quantitative estimate of drug-likeness (QED) is 0.157. The zero-order chi connectivity index (χ0) is 27.7. The molecule has 1 heterocycles. The largest absolute Gasteiger partial charge is 0.508 e. The monoisotopic (exact) mass is 646 g/mol. The number of carbonyl (C=O) groups is 3. The number of carbonyl (C=O) groups excluding carboxylic acids is 3. The van der Waals surface area contributed by atoms with Crippen LogP contribution < -0.4 is 15.0 Å². The number of aromatic hydroxyl groups is 1. The first kappa shape index (κ1) is 26.4. The highest BCUT2D eigenvalue weighted by molar-refractivity contribution is 9.11. The van der Waals surface area contributed by atoms with Gasteiger partial charge in [0.1, 0.15) is 17.1 Å². The summed E-state index contributed by atoms with van der Waals surface area (Å²) in [4.78, 5) is 59.9. The molecule has 192 valence electrons. The van der Waals surface area contributed by atoms with Gasteiger partial charge in [0.25, 0.3) is 17.5 Å². The van der Waals surface area contributed by atoms with Crippen LogP contribution in [-0.2, 0) is 9.59 Å². The summed E-state index contributed by atoms with van der Waals surface area (Å²) in [5.41, 5.74) is -1.51. The summed E-state index contributed by atoms with van der Waals surface area (Å²) < 4.78 is 6.47. The van der Waals surface area contributed by atoms with E-state index in [1.807, 2.05) is 0 Å². The molecule has 0 radical (unpaired) electrons. The number of rotatable bonds is 6. The molecule has 4 rings (SSSR count). The second kappa shape index (κ2) is 10.4. The van der Waals surface area contributed by atoms with E-state index in [2.05, 4.69) is 37.2 Å². The van der Waals surface area contributed by atoms with E-state index in [4.69, 9.17) is 4.74 Å². The van der Waals surface area contributed by atoms with Gasteiger partial charge in [-0.05, 0) is 64.5 Å². The van der Waals surface area contributed by atoms with Crippen LogP contribution in [-0.4, -0.2) is 32.8 Å². The Morgan fingerprint density at radius 1 is 0.947 bits per heavy atom. The lowest BCUT2D eigenvalue weighted by molar-refractivity contribution is -0.394. The van der Waals surface area contributed by atoms with E-state index in [0.29, 0.717) is 9.37 Å². The first-order chi connectivity index (χ1) is 18.0. The number of nitro groups is 2. The molecule has 3 aromatic carbocycles. The van der Waals surface area contributed by atoms with Crippen molar-refractivity contribution in [1.82, 2.24) is 5.32 Å². The highest BCUT2D eigenvalue weighted by Crippen LogP contribution is 2.41. The molecule has 1 saturated heterocycles. The number of amides is 4. The number of hydrogen-bond acceptors (Lipinski definition) is 9. The van der Waals surface area contributed by atoms with Gasteiger partial charge in [-0.2, -0.15) is 0 Å². The van der Waals surface area contributed by atoms with Gasteiger partial charge in [0.2, 0.25) is 5.75 Å². The number of ether oxygens (including phenoxy) is 1. The van der Waals surface area contributed by atoms with E-state index < -0.39 is 44.6 Å². The summed E-state index contributed by atoms with van der Waals surface area (Å²) in [6.45, 7) is 0. The minimum absolute atomic E-state index is 0.0636. The summed E-state index contributed by atoms with van der Waals surface area (Å²) in [5, 5.41) is 34.2. The zero-order valence-corrected chi connectivity index (χ0v) is 21.8. The predicted octanol–water partition coefficient (Wildman–Crippen LogP) is 5.19. The number of nitrogens with zero attached hydrogens (tertiary/aromatic N) is 3. The van der Waals surface area contributed by atoms with Crippen LogP contribution in [0, 0.1) is 20.2 Å². The average molecular weight is 648 g/mol. The summed E-state index contributed by atoms with van der Waals surface area (Å²) in [7, 11) is 0. The summed E-state index contributed by atoms with van der Waals surface area (Å²) in [6, 6.07) is 9.90. The Morgan fingerprint density at radius 3 is 2.26 bits per heavy atom. The highest BCUT2D eigenvalue weighted by Gasteiger charge is 2.37. The maximum atomic E-state index is 13.2. The van der Waals surface area contributed by atoms with Crippen molar-refractivity contribution in [1.29, 1.82) is 0 Å². The van der Waals surface area contributed by atoms with Crippen molar-refractivity contribution in [3.63, 3.8) is 0 Å². The Bertz CT molecular complexity index is 1570. The Hall–Kier alpha value is -4.63. The number of halogens is 2. The molecule has 1 fully saturated rings. The normalized spacial score (nSPS) is 14.4. The second-order valence-corrected chi connectivity index (χ2v) is 9.32. The summed E-state index contributed by atoms with van der Waals surface area (Å²) in [5.74, 6) is -2.49. The van der Waals surface area contributed by atoms with Gasteiger partial charge < -0.3 is 9.84 Å². The summed E-state index contributed by atoms with van der Waals surface area (Å²) in [6.07, 6.45) is 1.12. The SMILES string of the molecule is O=C1NC(=O)N(c2ccc(O)cc2)C(=O)/C1=C/c1cc(Br)cc(Br)c1Oc1ccc([N+](=O)[O-])cc1[N+](=O)[O-]. The van der Waals surface area contributed by atoms with Crippen molar-refractivity contribution < 1.29 is 34.1 Å². The van der Waals surface area contributed by atoms with E-state index in [0.717, 1.165) is 24.3 Å². The average Bonchev–Trinajstić information content (AvgIpc) is 2.84. The third kappa shape index (κ3) is 5.23. The van der Waals surface area contributed by atoms with Crippen LogP contribution >= 0.6 is 31.9 Å². The lowest BCUT2D eigenvalue weighted by Gasteiger charge is -2.26. The van der Waals surface area contributed by atoms with E-state index in [-0.39, 0.29) is 33.0 Å². The Labute approximate surface area is 228 Å². The van der Waals surface area contributed by atoms with Crippen LogP contribution in [0.1, 0.15) is 5.56 Å². The summed E-state index contributed by atoms with van der Waals surface area (Å²) >= 11 is 6.56. The smallest absolute Gasteiger partial charge is 0.335 e. The lowest BCUT2D eigenvalue weighted by Crippen LogP contribution is -2.54. The molecule has 0 bridgehead atoms. The molecule has 1 aliphatic heterocycles. The molecule has 38 heavy (non-hydrogen) atoms. The molecular formula is C23H12Br2N4O9. The van der Waals surface area contributed by atoms with Gasteiger partial charge in [0, 0.05) is 16.1 Å². The molecular weight excluding hydrogens is 636 g/mol. The Balaban J connectivity index is 1.81. The van der Waals surface area contributed by atoms with E-state index in [1.165, 1.54) is 36.4 Å². The van der Waals surface area contributed by atoms with Crippen LogP contribution in [0.4, 0.5) is 21.9 Å². The molecule has 0 aliphatic carbocycles. The number of anilines is 1. The van der Waals surface area contributed by atoms with Crippen LogP contribution in [0.2, 0.25) is 0 Å². The van der Waals surface area contributed by atoms with Crippen molar-refractivity contribution in [2.75, 3.05) is 4.90 Å². The number of nitro benzene ring substituents is 2. The molecule has 0 spiro atoms. The van der Waals surface area contributed by atoms with Gasteiger partial charge in [0.15, 0.2) is 0 Å². The van der Waals surface area contributed by atoms with E-state index >= 15 is 0 Å². The third-order valence-corrected chi connectivity index (χ3v) is 6.16. The number of barbiturate groups is 1. The number of nitrogens with one attached hydrogen (secondary N) is 1. The number of imide groups is 2. The predicted molar refractivity (Wildman–Crippen MR) is 139 cm³/mol. The van der Waals surface area contributed by atoms with Crippen molar-refractivity contribution in [2.45, 2.75) is 0 Å². The van der Waals surface area contributed by atoms with Crippen LogP contribution in [0.3, 0.4) is 0 Å². The molecule has 0 saturated carbocycles.